The van der Waals surface area contributed by atoms with E-state index >= 15 is 0 Å². The minimum atomic E-state index is -0.290. The number of hydrogen-bond acceptors (Lipinski definition) is 4. The molecule has 2 aromatic carbocycles. The van der Waals surface area contributed by atoms with Crippen molar-refractivity contribution >= 4 is 16.6 Å². The molecule has 0 aliphatic carbocycles. The second kappa shape index (κ2) is 7.40. The first kappa shape index (κ1) is 17.5. The summed E-state index contributed by atoms with van der Waals surface area (Å²) in [7, 11) is 1.69. The monoisotopic (exact) mass is 365 g/mol. The number of para-hydroxylation sites is 1. The Hall–Kier alpha value is -2.86. The Morgan fingerprint density at radius 1 is 1.22 bits per heavy atom. The molecule has 1 saturated heterocycles. The molecule has 0 atom stereocenters. The molecule has 4 rings (SSSR count). The SMILES string of the molecule is COc1ccc2[nH]cc(C3CCN(Cc4ccccc4[N+](=O)[O-])CC3)c2c1. The summed E-state index contributed by atoms with van der Waals surface area (Å²) in [6.45, 7) is 2.51. The van der Waals surface area contributed by atoms with Crippen molar-refractivity contribution in [1.29, 1.82) is 0 Å². The third kappa shape index (κ3) is 3.53. The first-order chi connectivity index (χ1) is 13.2. The van der Waals surface area contributed by atoms with Gasteiger partial charge < -0.3 is 9.72 Å². The average Bonchev–Trinajstić information content (AvgIpc) is 3.12. The Labute approximate surface area is 157 Å². The minimum Gasteiger partial charge on any atom is -0.497 e. The fraction of sp³-hybridized carbons (Fsp3) is 0.333. The van der Waals surface area contributed by atoms with E-state index in [0.717, 1.165) is 42.8 Å². The summed E-state index contributed by atoms with van der Waals surface area (Å²) in [5, 5.41) is 12.4. The van der Waals surface area contributed by atoms with Gasteiger partial charge >= 0.3 is 0 Å². The van der Waals surface area contributed by atoms with Crippen molar-refractivity contribution in [3.63, 3.8) is 0 Å². The number of nitro groups is 1. The minimum absolute atomic E-state index is 0.211. The van der Waals surface area contributed by atoms with Crippen LogP contribution < -0.4 is 4.74 Å². The molecule has 27 heavy (non-hydrogen) atoms. The zero-order chi connectivity index (χ0) is 18.8. The van der Waals surface area contributed by atoms with Crippen LogP contribution in [0, 0.1) is 10.1 Å². The zero-order valence-corrected chi connectivity index (χ0v) is 15.4. The van der Waals surface area contributed by atoms with Gasteiger partial charge in [0.1, 0.15) is 5.75 Å². The molecule has 1 aliphatic rings. The van der Waals surface area contributed by atoms with Gasteiger partial charge in [0.25, 0.3) is 5.69 Å². The lowest BCUT2D eigenvalue weighted by molar-refractivity contribution is -0.385. The smallest absolute Gasteiger partial charge is 0.273 e. The molecular formula is C21H23N3O3. The Morgan fingerprint density at radius 3 is 2.74 bits per heavy atom. The van der Waals surface area contributed by atoms with Crippen LogP contribution in [0.4, 0.5) is 5.69 Å². The molecule has 0 bridgehead atoms. The normalized spacial score (nSPS) is 15.9. The highest BCUT2D eigenvalue weighted by Crippen LogP contribution is 2.35. The van der Waals surface area contributed by atoms with Crippen molar-refractivity contribution in [2.24, 2.45) is 0 Å². The van der Waals surface area contributed by atoms with Crippen LogP contribution in [0.3, 0.4) is 0 Å². The lowest BCUT2D eigenvalue weighted by Crippen LogP contribution is -2.32. The summed E-state index contributed by atoms with van der Waals surface area (Å²) >= 11 is 0. The van der Waals surface area contributed by atoms with E-state index in [1.165, 1.54) is 10.9 Å². The van der Waals surface area contributed by atoms with Crippen LogP contribution in [-0.2, 0) is 6.54 Å². The fourth-order valence-electron chi connectivity index (χ4n) is 4.05. The van der Waals surface area contributed by atoms with Crippen molar-refractivity contribution in [2.75, 3.05) is 20.2 Å². The molecule has 0 amide bonds. The predicted molar refractivity (Wildman–Crippen MR) is 105 cm³/mol. The number of benzene rings is 2. The van der Waals surface area contributed by atoms with E-state index in [4.69, 9.17) is 4.74 Å². The highest BCUT2D eigenvalue weighted by molar-refractivity contribution is 5.85. The van der Waals surface area contributed by atoms with Gasteiger partial charge in [0.15, 0.2) is 0 Å². The second-order valence-corrected chi connectivity index (χ2v) is 7.09. The Morgan fingerprint density at radius 2 is 2.00 bits per heavy atom. The number of fused-ring (bicyclic) bond motifs is 1. The standard InChI is InChI=1S/C21H23N3O3/c1-27-17-6-7-20-18(12-17)19(13-22-20)15-8-10-23(11-9-15)14-16-4-2-3-5-21(16)24(25)26/h2-7,12-13,15,22H,8-11,14H2,1H3. The second-order valence-electron chi connectivity index (χ2n) is 7.09. The first-order valence-corrected chi connectivity index (χ1v) is 9.25. The van der Waals surface area contributed by atoms with Crippen LogP contribution in [0.25, 0.3) is 10.9 Å². The number of likely N-dealkylation sites (tertiary alicyclic amines) is 1. The van der Waals surface area contributed by atoms with E-state index in [-0.39, 0.29) is 10.6 Å². The number of nitrogens with one attached hydrogen (secondary N) is 1. The predicted octanol–water partition coefficient (Wildman–Crippen LogP) is 4.46. The maximum absolute atomic E-state index is 11.2. The van der Waals surface area contributed by atoms with E-state index < -0.39 is 0 Å². The molecule has 1 N–H and O–H groups in total. The molecule has 1 aromatic heterocycles. The Bertz CT molecular complexity index is 958. The van der Waals surface area contributed by atoms with Crippen molar-refractivity contribution in [3.8, 4) is 5.75 Å². The number of piperidine rings is 1. The largest absolute Gasteiger partial charge is 0.497 e. The van der Waals surface area contributed by atoms with Crippen molar-refractivity contribution < 1.29 is 9.66 Å². The zero-order valence-electron chi connectivity index (χ0n) is 15.4. The van der Waals surface area contributed by atoms with Crippen molar-refractivity contribution in [3.05, 3.63) is 69.9 Å². The number of aromatic nitrogens is 1. The molecule has 6 nitrogen and oxygen atoms in total. The summed E-state index contributed by atoms with van der Waals surface area (Å²) in [5.41, 5.74) is 3.48. The average molecular weight is 365 g/mol. The van der Waals surface area contributed by atoms with Crippen LogP contribution in [-0.4, -0.2) is 35.0 Å². The molecule has 2 heterocycles. The quantitative estimate of drug-likeness (QED) is 0.535. The van der Waals surface area contributed by atoms with Gasteiger partial charge in [-0.05, 0) is 55.6 Å². The van der Waals surface area contributed by atoms with Crippen LogP contribution in [0.15, 0.2) is 48.7 Å². The van der Waals surface area contributed by atoms with E-state index in [0.29, 0.717) is 12.5 Å². The maximum Gasteiger partial charge on any atom is 0.273 e. The lowest BCUT2D eigenvalue weighted by atomic mass is 9.89. The van der Waals surface area contributed by atoms with Crippen LogP contribution in [0.2, 0.25) is 0 Å². The number of aromatic amines is 1. The van der Waals surface area contributed by atoms with Crippen molar-refractivity contribution in [1.82, 2.24) is 9.88 Å². The van der Waals surface area contributed by atoms with Gasteiger partial charge in [-0.25, -0.2) is 0 Å². The van der Waals surface area contributed by atoms with Gasteiger partial charge in [0.2, 0.25) is 0 Å². The molecule has 0 radical (unpaired) electrons. The number of H-pyrrole nitrogens is 1. The van der Waals surface area contributed by atoms with E-state index in [1.807, 2.05) is 18.2 Å². The number of ether oxygens (including phenoxy) is 1. The summed E-state index contributed by atoms with van der Waals surface area (Å²) in [6, 6.07) is 13.2. The van der Waals surface area contributed by atoms with Gasteiger partial charge in [-0.15, -0.1) is 0 Å². The van der Waals surface area contributed by atoms with Gasteiger partial charge in [-0.2, -0.15) is 0 Å². The highest BCUT2D eigenvalue weighted by Gasteiger charge is 2.24. The number of hydrogen-bond donors (Lipinski definition) is 1. The van der Waals surface area contributed by atoms with Crippen molar-refractivity contribution in [2.45, 2.75) is 25.3 Å². The molecule has 6 heteroatoms. The first-order valence-electron chi connectivity index (χ1n) is 9.25. The summed E-state index contributed by atoms with van der Waals surface area (Å²) in [6.07, 6.45) is 4.21. The fourth-order valence-corrected chi connectivity index (χ4v) is 4.05. The summed E-state index contributed by atoms with van der Waals surface area (Å²) in [4.78, 5) is 16.6. The molecule has 0 unspecified atom stereocenters. The van der Waals surface area contributed by atoms with E-state index in [2.05, 4.69) is 28.2 Å². The number of rotatable bonds is 5. The molecule has 140 valence electrons. The Balaban J connectivity index is 1.46. The van der Waals surface area contributed by atoms with Gasteiger partial charge in [0.05, 0.1) is 12.0 Å². The number of nitrogens with zero attached hydrogens (tertiary/aromatic N) is 2. The van der Waals surface area contributed by atoms with Crippen LogP contribution >= 0.6 is 0 Å². The number of methoxy groups -OCH3 is 1. The molecular weight excluding hydrogens is 342 g/mol. The molecule has 1 fully saturated rings. The van der Waals surface area contributed by atoms with Gasteiger partial charge in [-0.3, -0.25) is 15.0 Å². The van der Waals surface area contributed by atoms with E-state index in [9.17, 15) is 10.1 Å². The van der Waals surface area contributed by atoms with Crippen LogP contribution in [0.5, 0.6) is 5.75 Å². The van der Waals surface area contributed by atoms with E-state index in [1.54, 1.807) is 19.2 Å². The van der Waals surface area contributed by atoms with Crippen LogP contribution in [0.1, 0.15) is 29.9 Å². The van der Waals surface area contributed by atoms with Gasteiger partial charge in [0, 0.05) is 35.3 Å². The Kier molecular flexibility index (Phi) is 4.81. The topological polar surface area (TPSA) is 71.4 Å². The third-order valence-corrected chi connectivity index (χ3v) is 5.53. The molecule has 0 saturated carbocycles. The van der Waals surface area contributed by atoms with Gasteiger partial charge in [-0.1, -0.05) is 18.2 Å². The summed E-state index contributed by atoms with van der Waals surface area (Å²) < 4.78 is 5.37. The molecule has 1 aliphatic heterocycles. The lowest BCUT2D eigenvalue weighted by Gasteiger charge is -2.31. The molecule has 0 spiro atoms. The summed E-state index contributed by atoms with van der Waals surface area (Å²) in [5.74, 6) is 1.37. The highest BCUT2D eigenvalue weighted by atomic mass is 16.6. The number of nitro benzene ring substituents is 1. The third-order valence-electron chi connectivity index (χ3n) is 5.53. The maximum atomic E-state index is 11.2. The molecule has 3 aromatic rings.